The minimum Gasteiger partial charge on any atom is -0.462 e. The SMILES string of the molecule is CCCCCCCCCCCCCCCCCCCCCC(=O)O[C@H](COC(=O)CCCCCCCCCCCCCCCCCC)COP(=O)(O)OC[C@@H](O)COP(=O)(O)OC[C@@H](COC(=O)CCCCCCCCCCCCCC)OC(=O)CCCCCCCCCCCCCCC(C)C. The van der Waals surface area contributed by atoms with Gasteiger partial charge in [-0.2, -0.15) is 0 Å². The van der Waals surface area contributed by atoms with Crippen molar-refractivity contribution in [2.24, 2.45) is 5.92 Å². The number of unbranched alkanes of at least 4 members (excludes halogenated alkanes) is 55. The van der Waals surface area contributed by atoms with Gasteiger partial charge in [-0.05, 0) is 31.6 Å². The molecule has 2 unspecified atom stereocenters. The van der Waals surface area contributed by atoms with Crippen LogP contribution in [0.3, 0.4) is 0 Å². The number of hydrogen-bond donors (Lipinski definition) is 3. The number of phosphoric ester groups is 2. The lowest BCUT2D eigenvalue weighted by Gasteiger charge is -2.21. The summed E-state index contributed by atoms with van der Waals surface area (Å²) >= 11 is 0. The van der Waals surface area contributed by atoms with Gasteiger partial charge in [0.1, 0.15) is 19.3 Å². The van der Waals surface area contributed by atoms with Gasteiger partial charge in [0, 0.05) is 25.7 Å². The average Bonchev–Trinajstić information content (AvgIpc) is 0.915. The fraction of sp³-hybridized carbons (Fsp3) is 0.952. The van der Waals surface area contributed by atoms with E-state index in [1.165, 1.54) is 270 Å². The highest BCUT2D eigenvalue weighted by Gasteiger charge is 2.30. The van der Waals surface area contributed by atoms with E-state index in [0.29, 0.717) is 25.7 Å². The first kappa shape index (κ1) is 100. The first-order valence-corrected chi connectivity index (χ1v) is 46.1. The van der Waals surface area contributed by atoms with E-state index in [-0.39, 0.29) is 25.7 Å². The second kappa shape index (κ2) is 75.9. The molecular weight excluding hydrogens is 1330 g/mol. The number of aliphatic hydroxyl groups is 1. The molecule has 0 fully saturated rings. The molecule has 0 saturated heterocycles. The second-order valence-corrected chi connectivity index (χ2v) is 33.3. The van der Waals surface area contributed by atoms with E-state index in [4.69, 9.17) is 37.0 Å². The highest BCUT2D eigenvalue weighted by molar-refractivity contribution is 7.47. The third-order valence-corrected chi connectivity index (χ3v) is 21.4. The highest BCUT2D eigenvalue weighted by Crippen LogP contribution is 2.45. The number of aliphatic hydroxyl groups excluding tert-OH is 1. The standard InChI is InChI=1S/C83H162O17P2/c1-6-9-12-15-18-21-24-27-29-31-32-33-35-37-43-48-53-58-63-68-82(87)99-79(73-94-81(86)67-62-57-52-47-42-36-34-30-28-25-22-19-16-13-10-7-2)75-98-102(91,92)96-71-77(84)70-95-101(89,90)97-74-78(72-93-80(85)66-61-56-51-46-41-26-23-20-17-14-11-8-3)100-83(88)69-64-59-54-49-44-39-38-40-45-50-55-60-65-76(4)5/h76-79,84H,6-75H2,1-5H3,(H,89,90)(H,91,92)/t77-,78+,79+/m0/s1. The quantitative estimate of drug-likeness (QED) is 0.0222. The Hall–Kier alpha value is -1.94. The van der Waals surface area contributed by atoms with Crippen molar-refractivity contribution >= 4 is 39.5 Å². The zero-order chi connectivity index (χ0) is 74.8. The maximum absolute atomic E-state index is 13.1. The first-order chi connectivity index (χ1) is 49.5. The van der Waals surface area contributed by atoms with Gasteiger partial charge in [-0.3, -0.25) is 37.3 Å². The molecule has 0 aromatic rings. The number of ether oxygens (including phenoxy) is 4. The number of carbonyl (C=O) groups is 4. The van der Waals surface area contributed by atoms with E-state index in [0.717, 1.165) is 95.8 Å². The van der Waals surface area contributed by atoms with E-state index in [2.05, 4.69) is 34.6 Å². The van der Waals surface area contributed by atoms with Gasteiger partial charge >= 0.3 is 39.5 Å². The molecule has 17 nitrogen and oxygen atoms in total. The van der Waals surface area contributed by atoms with Crippen LogP contribution in [0.1, 0.15) is 446 Å². The molecule has 0 aromatic heterocycles. The summed E-state index contributed by atoms with van der Waals surface area (Å²) in [5, 5.41) is 10.7. The second-order valence-electron chi connectivity index (χ2n) is 30.3. The van der Waals surface area contributed by atoms with Crippen LogP contribution < -0.4 is 0 Å². The lowest BCUT2D eigenvalue weighted by atomic mass is 10.0. The third kappa shape index (κ3) is 76.3. The van der Waals surface area contributed by atoms with Gasteiger partial charge in [-0.15, -0.1) is 0 Å². The third-order valence-electron chi connectivity index (χ3n) is 19.5. The zero-order valence-corrected chi connectivity index (χ0v) is 68.5. The number of esters is 4. The summed E-state index contributed by atoms with van der Waals surface area (Å²) in [5.41, 5.74) is 0. The molecule has 3 N–H and O–H groups in total. The molecule has 0 aliphatic rings. The monoisotopic (exact) mass is 1490 g/mol. The molecule has 0 aliphatic heterocycles. The fourth-order valence-corrected chi connectivity index (χ4v) is 14.5. The fourth-order valence-electron chi connectivity index (χ4n) is 12.9. The summed E-state index contributed by atoms with van der Waals surface area (Å²) in [6, 6.07) is 0. The number of carbonyl (C=O) groups excluding carboxylic acids is 4. The van der Waals surface area contributed by atoms with E-state index in [1.54, 1.807) is 0 Å². The topological polar surface area (TPSA) is 237 Å². The summed E-state index contributed by atoms with van der Waals surface area (Å²) in [5.74, 6) is -1.32. The Morgan fingerprint density at radius 3 is 0.667 bits per heavy atom. The summed E-state index contributed by atoms with van der Waals surface area (Å²) in [6.07, 6.45) is 67.9. The van der Waals surface area contributed by atoms with Crippen LogP contribution in [0.2, 0.25) is 0 Å². The number of rotatable bonds is 83. The zero-order valence-electron chi connectivity index (χ0n) is 66.8. The summed E-state index contributed by atoms with van der Waals surface area (Å²) < 4.78 is 68.8. The van der Waals surface area contributed by atoms with Crippen LogP contribution in [0.4, 0.5) is 0 Å². The Kier molecular flexibility index (Phi) is 74.4. The minimum atomic E-state index is -4.96. The molecule has 19 heteroatoms. The van der Waals surface area contributed by atoms with Crippen molar-refractivity contribution in [1.82, 2.24) is 0 Å². The minimum absolute atomic E-state index is 0.108. The predicted molar refractivity (Wildman–Crippen MR) is 418 cm³/mol. The van der Waals surface area contributed by atoms with E-state index >= 15 is 0 Å². The molecule has 5 atom stereocenters. The molecule has 0 saturated carbocycles. The Bertz CT molecular complexity index is 1940. The van der Waals surface area contributed by atoms with Crippen molar-refractivity contribution in [1.29, 1.82) is 0 Å². The van der Waals surface area contributed by atoms with E-state index in [9.17, 15) is 43.2 Å². The summed E-state index contributed by atoms with van der Waals surface area (Å²) in [6.45, 7) is 7.36. The van der Waals surface area contributed by atoms with Gasteiger partial charge in [0.2, 0.25) is 0 Å². The van der Waals surface area contributed by atoms with Gasteiger partial charge in [-0.1, -0.05) is 394 Å². The smallest absolute Gasteiger partial charge is 0.462 e. The Morgan fingerprint density at radius 2 is 0.451 bits per heavy atom. The highest BCUT2D eigenvalue weighted by atomic mass is 31.2. The van der Waals surface area contributed by atoms with Gasteiger partial charge in [0.25, 0.3) is 0 Å². The molecular formula is C83H162O17P2. The van der Waals surface area contributed by atoms with Crippen LogP contribution >= 0.6 is 15.6 Å². The molecule has 0 aliphatic carbocycles. The van der Waals surface area contributed by atoms with Gasteiger partial charge < -0.3 is 33.8 Å². The van der Waals surface area contributed by atoms with Crippen LogP contribution in [0.5, 0.6) is 0 Å². The average molecular weight is 1490 g/mol. The van der Waals surface area contributed by atoms with Crippen molar-refractivity contribution in [2.45, 2.75) is 464 Å². The molecule has 0 amide bonds. The lowest BCUT2D eigenvalue weighted by molar-refractivity contribution is -0.161. The van der Waals surface area contributed by atoms with Gasteiger partial charge in [0.15, 0.2) is 12.2 Å². The van der Waals surface area contributed by atoms with Crippen molar-refractivity contribution in [3.63, 3.8) is 0 Å². The molecule has 0 spiro atoms. The van der Waals surface area contributed by atoms with Crippen molar-refractivity contribution in [3.8, 4) is 0 Å². The Labute approximate surface area is 626 Å². The summed E-state index contributed by atoms with van der Waals surface area (Å²) in [7, 11) is -9.92. The molecule has 0 aromatic carbocycles. The van der Waals surface area contributed by atoms with Crippen LogP contribution in [0, 0.1) is 5.92 Å². The molecule has 0 radical (unpaired) electrons. The summed E-state index contributed by atoms with van der Waals surface area (Å²) in [4.78, 5) is 73.1. The van der Waals surface area contributed by atoms with Crippen LogP contribution in [0.15, 0.2) is 0 Å². The van der Waals surface area contributed by atoms with Gasteiger partial charge in [-0.25, -0.2) is 9.13 Å². The van der Waals surface area contributed by atoms with Crippen LogP contribution in [-0.2, 0) is 65.4 Å². The number of phosphoric acid groups is 2. The van der Waals surface area contributed by atoms with Crippen molar-refractivity contribution in [2.75, 3.05) is 39.6 Å². The number of hydrogen-bond acceptors (Lipinski definition) is 15. The van der Waals surface area contributed by atoms with Gasteiger partial charge in [0.05, 0.1) is 26.4 Å². The van der Waals surface area contributed by atoms with Crippen LogP contribution in [-0.4, -0.2) is 96.7 Å². The largest absolute Gasteiger partial charge is 0.472 e. The van der Waals surface area contributed by atoms with Crippen molar-refractivity contribution in [3.05, 3.63) is 0 Å². The molecule has 102 heavy (non-hydrogen) atoms. The normalized spacial score (nSPS) is 13.8. The molecule has 0 rings (SSSR count). The van der Waals surface area contributed by atoms with E-state index < -0.39 is 97.5 Å². The maximum atomic E-state index is 13.1. The maximum Gasteiger partial charge on any atom is 0.472 e. The molecule has 606 valence electrons. The Balaban J connectivity index is 5.25. The first-order valence-electron chi connectivity index (χ1n) is 43.1. The molecule has 0 heterocycles. The van der Waals surface area contributed by atoms with Crippen LogP contribution in [0.25, 0.3) is 0 Å². The molecule has 0 bridgehead atoms. The predicted octanol–water partition coefficient (Wildman–Crippen LogP) is 25.2. The van der Waals surface area contributed by atoms with E-state index in [1.807, 2.05) is 0 Å². The lowest BCUT2D eigenvalue weighted by Crippen LogP contribution is -2.30. The van der Waals surface area contributed by atoms with Crippen molar-refractivity contribution < 1.29 is 80.2 Å². The Morgan fingerprint density at radius 1 is 0.265 bits per heavy atom.